The molecule has 0 radical (unpaired) electrons. The molecule has 0 aliphatic carbocycles. The molecule has 4 heteroatoms. The van der Waals surface area contributed by atoms with Crippen LogP contribution < -0.4 is 0 Å². The third kappa shape index (κ3) is 1.56. The van der Waals surface area contributed by atoms with Crippen LogP contribution >= 0.6 is 0 Å². The van der Waals surface area contributed by atoms with Crippen LogP contribution in [-0.2, 0) is 0 Å². The van der Waals surface area contributed by atoms with Crippen molar-refractivity contribution in [2.75, 3.05) is 0 Å². The number of halogens is 2. The third-order valence-electron chi connectivity index (χ3n) is 1.62. The number of nitrogens with zero attached hydrogens (tertiary/aromatic N) is 2. The van der Waals surface area contributed by atoms with Crippen LogP contribution in [0, 0.1) is 11.6 Å². The van der Waals surface area contributed by atoms with Crippen LogP contribution in [0.5, 0.6) is 0 Å². The topological polar surface area (TPSA) is 17.8 Å². The standard InChI is InChI=1S/C9H6F2N2/c10-7-4-8(11)6-9(5-7)13-3-1-2-12-13/h1-6H. The van der Waals surface area contributed by atoms with Gasteiger partial charge in [-0.05, 0) is 18.2 Å². The molecule has 0 aliphatic heterocycles. The van der Waals surface area contributed by atoms with Crippen molar-refractivity contribution in [2.45, 2.75) is 0 Å². The van der Waals surface area contributed by atoms with Gasteiger partial charge in [-0.15, -0.1) is 0 Å². The van der Waals surface area contributed by atoms with Gasteiger partial charge in [-0.3, -0.25) is 0 Å². The van der Waals surface area contributed by atoms with Crippen molar-refractivity contribution in [3.05, 3.63) is 48.3 Å². The number of aromatic nitrogens is 2. The Balaban J connectivity index is 2.53. The number of rotatable bonds is 1. The SMILES string of the molecule is Fc1cc(F)cc(-n2cccn2)c1. The van der Waals surface area contributed by atoms with E-state index in [-0.39, 0.29) is 0 Å². The zero-order chi connectivity index (χ0) is 9.26. The van der Waals surface area contributed by atoms with E-state index in [1.807, 2.05) is 0 Å². The van der Waals surface area contributed by atoms with Gasteiger partial charge in [0, 0.05) is 18.5 Å². The molecular formula is C9H6F2N2. The molecule has 0 saturated carbocycles. The van der Waals surface area contributed by atoms with Crippen LogP contribution in [0.25, 0.3) is 5.69 Å². The highest BCUT2D eigenvalue weighted by Gasteiger charge is 2.01. The third-order valence-corrected chi connectivity index (χ3v) is 1.62. The quantitative estimate of drug-likeness (QED) is 0.657. The minimum Gasteiger partial charge on any atom is -0.241 e. The summed E-state index contributed by atoms with van der Waals surface area (Å²) in [6.45, 7) is 0. The highest BCUT2D eigenvalue weighted by atomic mass is 19.1. The van der Waals surface area contributed by atoms with Crippen LogP contribution in [0.4, 0.5) is 8.78 Å². The highest BCUT2D eigenvalue weighted by Crippen LogP contribution is 2.11. The summed E-state index contributed by atoms with van der Waals surface area (Å²) in [5, 5.41) is 3.85. The molecule has 1 aromatic carbocycles. The predicted molar refractivity (Wildman–Crippen MR) is 43.5 cm³/mol. The summed E-state index contributed by atoms with van der Waals surface area (Å²) in [5.41, 5.74) is 0.377. The fourth-order valence-electron chi connectivity index (χ4n) is 1.09. The minimum atomic E-state index is -0.606. The molecular weight excluding hydrogens is 174 g/mol. The van der Waals surface area contributed by atoms with Crippen LogP contribution in [-0.4, -0.2) is 9.78 Å². The molecule has 2 rings (SSSR count). The van der Waals surface area contributed by atoms with Crippen molar-refractivity contribution < 1.29 is 8.78 Å². The molecule has 0 spiro atoms. The van der Waals surface area contributed by atoms with Crippen molar-refractivity contribution in [1.29, 1.82) is 0 Å². The summed E-state index contributed by atoms with van der Waals surface area (Å²) in [4.78, 5) is 0. The lowest BCUT2D eigenvalue weighted by Gasteiger charge is -2.00. The first-order valence-electron chi connectivity index (χ1n) is 3.72. The van der Waals surface area contributed by atoms with E-state index in [1.54, 1.807) is 18.5 Å². The Morgan fingerprint density at radius 2 is 1.77 bits per heavy atom. The average Bonchev–Trinajstić information content (AvgIpc) is 2.53. The summed E-state index contributed by atoms with van der Waals surface area (Å²) in [6, 6.07) is 4.95. The Morgan fingerprint density at radius 3 is 2.31 bits per heavy atom. The van der Waals surface area contributed by atoms with Crippen LogP contribution in [0.1, 0.15) is 0 Å². The van der Waals surface area contributed by atoms with Gasteiger partial charge in [0.15, 0.2) is 0 Å². The summed E-state index contributed by atoms with van der Waals surface area (Å²) >= 11 is 0. The minimum absolute atomic E-state index is 0.377. The van der Waals surface area contributed by atoms with Gasteiger partial charge in [-0.2, -0.15) is 5.10 Å². The molecule has 0 fully saturated rings. The Morgan fingerprint density at radius 1 is 1.08 bits per heavy atom. The molecule has 0 saturated heterocycles. The van der Waals surface area contributed by atoms with Crippen LogP contribution in [0.15, 0.2) is 36.7 Å². The fourth-order valence-corrected chi connectivity index (χ4v) is 1.09. The van der Waals surface area contributed by atoms with E-state index in [4.69, 9.17) is 0 Å². The zero-order valence-corrected chi connectivity index (χ0v) is 6.61. The Bertz CT molecular complexity index is 389. The summed E-state index contributed by atoms with van der Waals surface area (Å²) in [5.74, 6) is -1.21. The molecule has 66 valence electrons. The van der Waals surface area contributed by atoms with Crippen molar-refractivity contribution in [3.8, 4) is 5.69 Å². The lowest BCUT2D eigenvalue weighted by Crippen LogP contribution is -1.95. The van der Waals surface area contributed by atoms with Crippen molar-refractivity contribution >= 4 is 0 Å². The smallest absolute Gasteiger partial charge is 0.128 e. The molecule has 0 amide bonds. The van der Waals surface area contributed by atoms with Crippen molar-refractivity contribution in [2.24, 2.45) is 0 Å². The van der Waals surface area contributed by atoms with Gasteiger partial charge >= 0.3 is 0 Å². The fraction of sp³-hybridized carbons (Fsp3) is 0. The highest BCUT2D eigenvalue weighted by molar-refractivity contribution is 5.31. The van der Waals surface area contributed by atoms with Crippen LogP contribution in [0.3, 0.4) is 0 Å². The number of hydrogen-bond acceptors (Lipinski definition) is 1. The normalized spacial score (nSPS) is 10.3. The molecule has 0 N–H and O–H groups in total. The molecule has 0 aliphatic rings. The predicted octanol–water partition coefficient (Wildman–Crippen LogP) is 2.15. The molecule has 0 bridgehead atoms. The molecule has 0 unspecified atom stereocenters. The maximum atomic E-state index is 12.7. The second-order valence-corrected chi connectivity index (χ2v) is 2.58. The van der Waals surface area contributed by atoms with Gasteiger partial charge in [0.05, 0.1) is 5.69 Å². The lowest BCUT2D eigenvalue weighted by molar-refractivity contribution is 0.580. The molecule has 2 nitrogen and oxygen atoms in total. The summed E-state index contributed by atoms with van der Waals surface area (Å²) in [7, 11) is 0. The van der Waals surface area contributed by atoms with Gasteiger partial charge in [-0.1, -0.05) is 0 Å². The van der Waals surface area contributed by atoms with Gasteiger partial charge in [0.2, 0.25) is 0 Å². The van der Waals surface area contributed by atoms with Gasteiger partial charge in [0.1, 0.15) is 11.6 Å². The monoisotopic (exact) mass is 180 g/mol. The van der Waals surface area contributed by atoms with E-state index >= 15 is 0 Å². The zero-order valence-electron chi connectivity index (χ0n) is 6.61. The van der Waals surface area contributed by atoms with E-state index < -0.39 is 11.6 Å². The van der Waals surface area contributed by atoms with E-state index in [2.05, 4.69) is 5.10 Å². The summed E-state index contributed by atoms with van der Waals surface area (Å²) < 4.78 is 26.9. The Kier molecular flexibility index (Phi) is 1.81. The number of hydrogen-bond donors (Lipinski definition) is 0. The lowest BCUT2D eigenvalue weighted by atomic mass is 10.3. The van der Waals surface area contributed by atoms with Crippen LogP contribution in [0.2, 0.25) is 0 Å². The molecule has 13 heavy (non-hydrogen) atoms. The maximum absolute atomic E-state index is 12.7. The first kappa shape index (κ1) is 7.91. The van der Waals surface area contributed by atoms with E-state index in [0.717, 1.165) is 6.07 Å². The Labute approximate surface area is 73.4 Å². The van der Waals surface area contributed by atoms with Gasteiger partial charge in [0.25, 0.3) is 0 Å². The molecule has 1 aromatic heterocycles. The largest absolute Gasteiger partial charge is 0.241 e. The van der Waals surface area contributed by atoms with E-state index in [9.17, 15) is 8.78 Å². The molecule has 2 aromatic rings. The first-order chi connectivity index (χ1) is 6.25. The summed E-state index contributed by atoms with van der Waals surface area (Å²) in [6.07, 6.45) is 3.16. The van der Waals surface area contributed by atoms with Crippen molar-refractivity contribution in [1.82, 2.24) is 9.78 Å². The van der Waals surface area contributed by atoms with E-state index in [0.29, 0.717) is 5.69 Å². The Hall–Kier alpha value is -1.71. The maximum Gasteiger partial charge on any atom is 0.128 e. The van der Waals surface area contributed by atoms with Gasteiger partial charge < -0.3 is 0 Å². The van der Waals surface area contributed by atoms with Crippen molar-refractivity contribution in [3.63, 3.8) is 0 Å². The average molecular weight is 180 g/mol. The van der Waals surface area contributed by atoms with Gasteiger partial charge in [-0.25, -0.2) is 13.5 Å². The van der Waals surface area contributed by atoms with E-state index in [1.165, 1.54) is 16.8 Å². The molecule has 0 atom stereocenters. The second kappa shape index (κ2) is 2.97. The first-order valence-corrected chi connectivity index (χ1v) is 3.72. The molecule has 1 heterocycles. The number of benzene rings is 1. The second-order valence-electron chi connectivity index (χ2n) is 2.58.